The molecule has 158 valence electrons. The molecule has 0 saturated carbocycles. The molecular formula is C22H26ClN5O2. The van der Waals surface area contributed by atoms with Gasteiger partial charge >= 0.3 is 6.03 Å². The molecule has 0 aliphatic carbocycles. The second-order valence-corrected chi connectivity index (χ2v) is 7.69. The van der Waals surface area contributed by atoms with Gasteiger partial charge in [-0.05, 0) is 48.1 Å². The maximum absolute atomic E-state index is 12.9. The molecule has 7 nitrogen and oxygen atoms in total. The Morgan fingerprint density at radius 3 is 2.63 bits per heavy atom. The van der Waals surface area contributed by atoms with Gasteiger partial charge in [0, 0.05) is 23.0 Å². The monoisotopic (exact) mass is 427 g/mol. The number of nitrogens with zero attached hydrogens (tertiary/aromatic N) is 3. The first-order chi connectivity index (χ1) is 14.4. The van der Waals surface area contributed by atoms with E-state index >= 15 is 0 Å². The number of halogens is 1. The molecule has 2 N–H and O–H groups in total. The van der Waals surface area contributed by atoms with Crippen LogP contribution in [-0.4, -0.2) is 21.2 Å². The number of hydrogen-bond acceptors (Lipinski definition) is 5. The molecule has 0 unspecified atom stereocenters. The summed E-state index contributed by atoms with van der Waals surface area (Å²) in [5.41, 5.74) is 3.46. The van der Waals surface area contributed by atoms with Gasteiger partial charge in [0.2, 0.25) is 11.7 Å². The topological polar surface area (TPSA) is 92.9 Å². The third kappa shape index (κ3) is 4.79. The first-order valence-corrected chi connectivity index (χ1v) is 10.4. The quantitative estimate of drug-likeness (QED) is 0.524. The Kier molecular flexibility index (Phi) is 7.05. The third-order valence-corrected chi connectivity index (χ3v) is 5.25. The van der Waals surface area contributed by atoms with Crippen molar-refractivity contribution in [1.82, 2.24) is 20.4 Å². The SMILES string of the molecule is CCc1ccc(Cl)c(CC)c1NC(=O)N[C@@H](c1nc(-c2cccnc2)no1)C(C)C. The zero-order chi connectivity index (χ0) is 21.7. The molecule has 8 heteroatoms. The van der Waals surface area contributed by atoms with Gasteiger partial charge in [-0.1, -0.05) is 50.5 Å². The summed E-state index contributed by atoms with van der Waals surface area (Å²) in [6, 6.07) is 6.67. The van der Waals surface area contributed by atoms with Crippen molar-refractivity contribution in [2.24, 2.45) is 5.92 Å². The lowest BCUT2D eigenvalue weighted by Gasteiger charge is -2.21. The maximum Gasteiger partial charge on any atom is 0.319 e. The van der Waals surface area contributed by atoms with Crippen molar-refractivity contribution in [2.75, 3.05) is 5.32 Å². The molecule has 2 aromatic heterocycles. The molecule has 3 rings (SSSR count). The van der Waals surface area contributed by atoms with Crippen LogP contribution in [0.3, 0.4) is 0 Å². The van der Waals surface area contributed by atoms with Crippen LogP contribution in [0.1, 0.15) is 50.8 Å². The number of aromatic nitrogens is 3. The Balaban J connectivity index is 1.81. The van der Waals surface area contributed by atoms with Gasteiger partial charge in [0.1, 0.15) is 6.04 Å². The summed E-state index contributed by atoms with van der Waals surface area (Å²) in [5, 5.41) is 10.6. The first kappa shape index (κ1) is 21.8. The van der Waals surface area contributed by atoms with E-state index in [-0.39, 0.29) is 11.9 Å². The van der Waals surface area contributed by atoms with Crippen LogP contribution in [0.4, 0.5) is 10.5 Å². The molecule has 1 atom stereocenters. The van der Waals surface area contributed by atoms with E-state index in [4.69, 9.17) is 16.1 Å². The number of benzene rings is 1. The summed E-state index contributed by atoms with van der Waals surface area (Å²) >= 11 is 6.34. The highest BCUT2D eigenvalue weighted by Crippen LogP contribution is 2.30. The predicted molar refractivity (Wildman–Crippen MR) is 117 cm³/mol. The van der Waals surface area contributed by atoms with Gasteiger partial charge in [-0.2, -0.15) is 4.98 Å². The van der Waals surface area contributed by atoms with Crippen molar-refractivity contribution in [2.45, 2.75) is 46.6 Å². The summed E-state index contributed by atoms with van der Waals surface area (Å²) < 4.78 is 5.45. The standard InChI is InChI=1S/C22H26ClN5O2/c1-5-14-9-10-17(23)16(6-2)19(14)26-22(29)25-18(13(3)4)21-27-20(28-30-21)15-8-7-11-24-12-15/h7-13,18H,5-6H2,1-4H3,(H2,25,26,29)/t18-/m1/s1. The number of hydrogen-bond donors (Lipinski definition) is 2. The molecule has 0 aliphatic rings. The van der Waals surface area contributed by atoms with E-state index in [1.165, 1.54) is 0 Å². The lowest BCUT2D eigenvalue weighted by Crippen LogP contribution is -2.35. The van der Waals surface area contributed by atoms with Crippen molar-refractivity contribution in [3.8, 4) is 11.4 Å². The van der Waals surface area contributed by atoms with Crippen LogP contribution in [0.25, 0.3) is 11.4 Å². The lowest BCUT2D eigenvalue weighted by molar-refractivity contribution is 0.236. The van der Waals surface area contributed by atoms with Crippen LogP contribution in [0.5, 0.6) is 0 Å². The first-order valence-electron chi connectivity index (χ1n) is 10.1. The lowest BCUT2D eigenvalue weighted by atomic mass is 10.0. The van der Waals surface area contributed by atoms with Gasteiger partial charge in [-0.25, -0.2) is 4.79 Å². The Morgan fingerprint density at radius 1 is 1.20 bits per heavy atom. The minimum atomic E-state index is -0.447. The van der Waals surface area contributed by atoms with Crippen molar-refractivity contribution < 1.29 is 9.32 Å². The molecule has 3 aromatic rings. The fourth-order valence-corrected chi connectivity index (χ4v) is 3.54. The fraction of sp³-hybridized carbons (Fsp3) is 0.364. The molecule has 0 saturated heterocycles. The number of carbonyl (C=O) groups is 1. The summed E-state index contributed by atoms with van der Waals surface area (Å²) in [4.78, 5) is 21.4. The van der Waals surface area contributed by atoms with Crippen LogP contribution in [-0.2, 0) is 12.8 Å². The number of rotatable bonds is 7. The van der Waals surface area contributed by atoms with E-state index in [0.29, 0.717) is 23.2 Å². The van der Waals surface area contributed by atoms with E-state index in [0.717, 1.165) is 28.8 Å². The predicted octanol–water partition coefficient (Wildman–Crippen LogP) is 5.43. The number of nitrogens with one attached hydrogen (secondary N) is 2. The van der Waals surface area contributed by atoms with E-state index < -0.39 is 6.04 Å². The van der Waals surface area contributed by atoms with Gasteiger partial charge in [0.25, 0.3) is 0 Å². The van der Waals surface area contributed by atoms with Crippen LogP contribution in [0.15, 0.2) is 41.2 Å². The van der Waals surface area contributed by atoms with Gasteiger partial charge in [-0.3, -0.25) is 4.98 Å². The minimum Gasteiger partial charge on any atom is -0.337 e. The van der Waals surface area contributed by atoms with Gasteiger partial charge in [-0.15, -0.1) is 0 Å². The van der Waals surface area contributed by atoms with Crippen LogP contribution >= 0.6 is 11.6 Å². The molecular weight excluding hydrogens is 402 g/mol. The second kappa shape index (κ2) is 9.71. The number of amides is 2. The molecule has 1 aromatic carbocycles. The minimum absolute atomic E-state index is 0.0357. The second-order valence-electron chi connectivity index (χ2n) is 7.29. The molecule has 0 radical (unpaired) electrons. The van der Waals surface area contributed by atoms with E-state index in [9.17, 15) is 4.79 Å². The largest absolute Gasteiger partial charge is 0.337 e. The Labute approximate surface area is 181 Å². The van der Waals surface area contributed by atoms with Crippen LogP contribution in [0, 0.1) is 5.92 Å². The zero-order valence-electron chi connectivity index (χ0n) is 17.6. The highest BCUT2D eigenvalue weighted by atomic mass is 35.5. The number of pyridine rings is 1. The van der Waals surface area contributed by atoms with Crippen LogP contribution < -0.4 is 10.6 Å². The number of aryl methyl sites for hydroxylation is 1. The molecule has 30 heavy (non-hydrogen) atoms. The molecule has 0 bridgehead atoms. The maximum atomic E-state index is 12.9. The summed E-state index contributed by atoms with van der Waals surface area (Å²) in [6.07, 6.45) is 4.84. The summed E-state index contributed by atoms with van der Waals surface area (Å²) in [7, 11) is 0. The molecule has 2 amide bonds. The summed E-state index contributed by atoms with van der Waals surface area (Å²) in [5.74, 6) is 0.812. The Morgan fingerprint density at radius 2 is 2.00 bits per heavy atom. The van der Waals surface area contributed by atoms with Crippen LogP contribution in [0.2, 0.25) is 5.02 Å². The number of urea groups is 1. The van der Waals surface area contributed by atoms with E-state index in [2.05, 4.69) is 25.8 Å². The van der Waals surface area contributed by atoms with Crippen molar-refractivity contribution >= 4 is 23.3 Å². The van der Waals surface area contributed by atoms with E-state index in [1.54, 1.807) is 18.5 Å². The number of carbonyl (C=O) groups excluding carboxylic acids is 1. The number of anilines is 1. The van der Waals surface area contributed by atoms with Crippen molar-refractivity contribution in [3.05, 3.63) is 58.7 Å². The average Bonchev–Trinajstić information content (AvgIpc) is 3.23. The molecule has 0 spiro atoms. The fourth-order valence-electron chi connectivity index (χ4n) is 3.25. The Bertz CT molecular complexity index is 1000. The Hall–Kier alpha value is -2.93. The molecule has 2 heterocycles. The average molecular weight is 428 g/mol. The van der Waals surface area contributed by atoms with Gasteiger partial charge in [0.05, 0.1) is 5.69 Å². The van der Waals surface area contributed by atoms with Gasteiger partial charge in [0.15, 0.2) is 0 Å². The third-order valence-electron chi connectivity index (χ3n) is 4.90. The smallest absolute Gasteiger partial charge is 0.319 e. The molecule has 0 aliphatic heterocycles. The molecule has 0 fully saturated rings. The normalized spacial score (nSPS) is 12.1. The summed E-state index contributed by atoms with van der Waals surface area (Å²) in [6.45, 7) is 8.01. The van der Waals surface area contributed by atoms with Crippen molar-refractivity contribution in [1.29, 1.82) is 0 Å². The van der Waals surface area contributed by atoms with E-state index in [1.807, 2.05) is 45.9 Å². The van der Waals surface area contributed by atoms with Crippen molar-refractivity contribution in [3.63, 3.8) is 0 Å². The van der Waals surface area contributed by atoms with Gasteiger partial charge < -0.3 is 15.2 Å². The zero-order valence-corrected chi connectivity index (χ0v) is 18.3. The highest BCUT2D eigenvalue weighted by molar-refractivity contribution is 6.32. The highest BCUT2D eigenvalue weighted by Gasteiger charge is 2.25.